The van der Waals surface area contributed by atoms with E-state index in [9.17, 15) is 4.79 Å². The van der Waals surface area contributed by atoms with E-state index >= 15 is 0 Å². The number of rotatable bonds is 3. The van der Waals surface area contributed by atoms with Crippen molar-refractivity contribution in [3.05, 3.63) is 30.1 Å². The highest BCUT2D eigenvalue weighted by atomic mass is 16.1. The number of likely N-dealkylation sites (N-methyl/N-ethyl adjacent to an activating group) is 1. The van der Waals surface area contributed by atoms with E-state index in [-0.39, 0.29) is 12.1 Å². The van der Waals surface area contributed by atoms with Crippen LogP contribution < -0.4 is 5.32 Å². The third-order valence-corrected chi connectivity index (χ3v) is 3.26. The van der Waals surface area contributed by atoms with E-state index < -0.39 is 0 Å². The Morgan fingerprint density at radius 3 is 2.25 bits per heavy atom. The molecule has 5 nitrogen and oxygen atoms in total. The molecule has 5 heteroatoms. The molecule has 1 atom stereocenters. The summed E-state index contributed by atoms with van der Waals surface area (Å²) in [6.45, 7) is 9.54. The molecule has 0 radical (unpaired) electrons. The molecule has 112 valence electrons. The fourth-order valence-electron chi connectivity index (χ4n) is 2.20. The molecule has 1 fully saturated rings. The van der Waals surface area contributed by atoms with Crippen molar-refractivity contribution in [1.29, 1.82) is 0 Å². The molecule has 0 spiro atoms. The first-order valence-electron chi connectivity index (χ1n) is 7.26. The van der Waals surface area contributed by atoms with Crippen LogP contribution in [0.4, 0.5) is 0 Å². The van der Waals surface area contributed by atoms with Crippen LogP contribution in [0.3, 0.4) is 0 Å². The fraction of sp³-hybridized carbons (Fsp3) is 0.600. The number of pyridine rings is 1. The van der Waals surface area contributed by atoms with Gasteiger partial charge in [0.1, 0.15) is 6.17 Å². The Hall–Kier alpha value is -1.46. The molecule has 2 heterocycles. The van der Waals surface area contributed by atoms with E-state index in [1.165, 1.54) is 0 Å². The maximum absolute atomic E-state index is 11.4. The summed E-state index contributed by atoms with van der Waals surface area (Å²) in [5.41, 5.74) is 1.09. The van der Waals surface area contributed by atoms with Crippen LogP contribution in [0.5, 0.6) is 0 Å². The summed E-state index contributed by atoms with van der Waals surface area (Å²) in [7, 11) is 2.12. The smallest absolute Gasteiger partial charge is 0.218 e. The van der Waals surface area contributed by atoms with Gasteiger partial charge in [0.05, 0.1) is 0 Å². The highest BCUT2D eigenvalue weighted by molar-refractivity contribution is 5.73. The number of hydrogen-bond acceptors (Lipinski definition) is 4. The molecule has 0 aliphatic carbocycles. The highest BCUT2D eigenvalue weighted by Gasteiger charge is 2.24. The molecule has 0 saturated carbocycles. The van der Waals surface area contributed by atoms with E-state index in [2.05, 4.69) is 27.1 Å². The molecule has 0 aromatic carbocycles. The second kappa shape index (κ2) is 8.66. The number of carbonyl (C=O) groups is 1. The topological polar surface area (TPSA) is 48.5 Å². The molecule has 1 aromatic heterocycles. The molecule has 1 aliphatic heterocycles. The van der Waals surface area contributed by atoms with Crippen molar-refractivity contribution in [2.24, 2.45) is 0 Å². The Balaban J connectivity index is 0.000000956. The third kappa shape index (κ3) is 4.90. The lowest BCUT2D eigenvalue weighted by Gasteiger charge is -2.38. The molecule has 0 bridgehead atoms. The predicted molar refractivity (Wildman–Crippen MR) is 81.2 cm³/mol. The fourth-order valence-corrected chi connectivity index (χ4v) is 2.20. The Labute approximate surface area is 122 Å². The molecule has 20 heavy (non-hydrogen) atoms. The maximum atomic E-state index is 11.4. The van der Waals surface area contributed by atoms with Crippen LogP contribution in [0.2, 0.25) is 0 Å². The minimum Gasteiger partial charge on any atom is -0.337 e. The van der Waals surface area contributed by atoms with Gasteiger partial charge in [0.25, 0.3) is 0 Å². The van der Waals surface area contributed by atoms with Crippen molar-refractivity contribution >= 4 is 5.91 Å². The van der Waals surface area contributed by atoms with Gasteiger partial charge in [-0.15, -0.1) is 0 Å². The zero-order valence-corrected chi connectivity index (χ0v) is 13.0. The first kappa shape index (κ1) is 16.6. The van der Waals surface area contributed by atoms with Gasteiger partial charge in [0.15, 0.2) is 0 Å². The number of carbonyl (C=O) groups excluding carboxylic acids is 1. The van der Waals surface area contributed by atoms with Gasteiger partial charge in [0, 0.05) is 45.5 Å². The third-order valence-electron chi connectivity index (χ3n) is 3.26. The van der Waals surface area contributed by atoms with Gasteiger partial charge in [-0.25, -0.2) is 0 Å². The molecule has 1 unspecified atom stereocenters. The van der Waals surface area contributed by atoms with E-state index in [1.54, 1.807) is 19.3 Å². The predicted octanol–water partition coefficient (Wildman–Crippen LogP) is 1.49. The van der Waals surface area contributed by atoms with E-state index in [0.717, 1.165) is 31.7 Å². The minimum absolute atomic E-state index is 0.00394. The number of nitrogens with zero attached hydrogens (tertiary/aromatic N) is 3. The summed E-state index contributed by atoms with van der Waals surface area (Å²) in [6.07, 6.45) is 3.49. The van der Waals surface area contributed by atoms with Crippen LogP contribution >= 0.6 is 0 Å². The average Bonchev–Trinajstić information content (AvgIpc) is 2.49. The van der Waals surface area contributed by atoms with Gasteiger partial charge < -0.3 is 10.2 Å². The van der Waals surface area contributed by atoms with Crippen LogP contribution in [-0.4, -0.2) is 53.9 Å². The van der Waals surface area contributed by atoms with Gasteiger partial charge in [-0.3, -0.25) is 14.7 Å². The minimum atomic E-state index is -0.0424. The summed E-state index contributed by atoms with van der Waals surface area (Å²) in [6, 6.07) is 3.91. The lowest BCUT2D eigenvalue weighted by molar-refractivity contribution is -0.121. The number of hydrogen-bond donors (Lipinski definition) is 1. The summed E-state index contributed by atoms with van der Waals surface area (Å²) < 4.78 is 0. The molecule has 1 aromatic rings. The van der Waals surface area contributed by atoms with Crippen molar-refractivity contribution in [2.45, 2.75) is 26.9 Å². The lowest BCUT2D eigenvalue weighted by atomic mass is 10.1. The second-order valence-corrected chi connectivity index (χ2v) is 4.72. The standard InChI is InChI=1S/C13H20N4O.C2H6/c1-11(18)15-13(12-3-5-14-6-4-12)17-9-7-16(2)8-10-17;1-2/h3-6,13H,7-10H2,1-2H3,(H,15,18);1-2H3. The van der Waals surface area contributed by atoms with Crippen LogP contribution in [0.1, 0.15) is 32.5 Å². The van der Waals surface area contributed by atoms with Crippen molar-refractivity contribution in [2.75, 3.05) is 33.2 Å². The largest absolute Gasteiger partial charge is 0.337 e. The van der Waals surface area contributed by atoms with Gasteiger partial charge >= 0.3 is 0 Å². The zero-order chi connectivity index (χ0) is 15.0. The summed E-state index contributed by atoms with van der Waals surface area (Å²) in [4.78, 5) is 20.0. The summed E-state index contributed by atoms with van der Waals surface area (Å²) in [5.74, 6) is -0.00394. The zero-order valence-electron chi connectivity index (χ0n) is 13.0. The number of aromatic nitrogens is 1. The van der Waals surface area contributed by atoms with Crippen LogP contribution in [0, 0.1) is 0 Å². The number of piperazine rings is 1. The number of nitrogens with one attached hydrogen (secondary N) is 1. The quantitative estimate of drug-likeness (QED) is 0.910. The molecule has 1 amide bonds. The van der Waals surface area contributed by atoms with E-state index in [4.69, 9.17) is 0 Å². The van der Waals surface area contributed by atoms with E-state index in [0.29, 0.717) is 0 Å². The van der Waals surface area contributed by atoms with Crippen molar-refractivity contribution in [3.63, 3.8) is 0 Å². The van der Waals surface area contributed by atoms with Gasteiger partial charge in [-0.2, -0.15) is 0 Å². The average molecular weight is 278 g/mol. The molecule has 1 aliphatic rings. The first-order chi connectivity index (χ1) is 9.66. The van der Waals surface area contributed by atoms with Crippen LogP contribution in [-0.2, 0) is 4.79 Å². The van der Waals surface area contributed by atoms with Crippen LogP contribution in [0.25, 0.3) is 0 Å². The summed E-state index contributed by atoms with van der Waals surface area (Å²) in [5, 5.41) is 3.02. The van der Waals surface area contributed by atoms with Gasteiger partial charge in [-0.05, 0) is 24.7 Å². The first-order valence-corrected chi connectivity index (χ1v) is 7.26. The Morgan fingerprint density at radius 1 is 1.20 bits per heavy atom. The number of amides is 1. The maximum Gasteiger partial charge on any atom is 0.218 e. The Morgan fingerprint density at radius 2 is 1.75 bits per heavy atom. The SMILES string of the molecule is CC.CC(=O)NC(c1ccncc1)N1CCN(C)CC1. The van der Waals surface area contributed by atoms with Gasteiger partial charge in [0.2, 0.25) is 5.91 Å². The van der Waals surface area contributed by atoms with E-state index in [1.807, 2.05) is 26.0 Å². The normalized spacial score (nSPS) is 17.8. The van der Waals surface area contributed by atoms with Crippen molar-refractivity contribution < 1.29 is 4.79 Å². The summed E-state index contributed by atoms with van der Waals surface area (Å²) >= 11 is 0. The Kier molecular flexibility index (Phi) is 7.18. The lowest BCUT2D eigenvalue weighted by Crippen LogP contribution is -2.50. The molecule has 1 saturated heterocycles. The van der Waals surface area contributed by atoms with Crippen molar-refractivity contribution in [3.8, 4) is 0 Å². The monoisotopic (exact) mass is 278 g/mol. The highest BCUT2D eigenvalue weighted by Crippen LogP contribution is 2.18. The van der Waals surface area contributed by atoms with Crippen molar-refractivity contribution in [1.82, 2.24) is 20.1 Å². The second-order valence-electron chi connectivity index (χ2n) is 4.72. The molecular weight excluding hydrogens is 252 g/mol. The Bertz CT molecular complexity index is 388. The van der Waals surface area contributed by atoms with Gasteiger partial charge in [-0.1, -0.05) is 13.8 Å². The van der Waals surface area contributed by atoms with Crippen LogP contribution in [0.15, 0.2) is 24.5 Å². The molecular formula is C15H26N4O. The molecule has 2 rings (SSSR count). The molecule has 1 N–H and O–H groups in total.